The molecule has 1 unspecified atom stereocenters. The van der Waals surface area contributed by atoms with E-state index in [2.05, 4.69) is 52.8 Å². The molecule has 0 aliphatic carbocycles. The second-order valence-corrected chi connectivity index (χ2v) is 6.36. The maximum Gasteiger partial charge on any atom is 0.0856 e. The third kappa shape index (κ3) is 2.70. The molecule has 0 radical (unpaired) electrons. The van der Waals surface area contributed by atoms with Crippen LogP contribution in [-0.2, 0) is 13.5 Å². The van der Waals surface area contributed by atoms with Crippen LogP contribution in [-0.4, -0.2) is 14.9 Å². The minimum Gasteiger partial charge on any atom is -0.388 e. The van der Waals surface area contributed by atoms with Crippen molar-refractivity contribution >= 4 is 33.5 Å². The van der Waals surface area contributed by atoms with E-state index in [-0.39, 0.29) is 0 Å². The molecule has 1 atom stereocenters. The molecule has 1 heterocycles. The standard InChI is InChI=1S/C17H17IN2O/c1-11-6-5-8-13(17(11)18)16(21)10-14-12-7-3-4-9-15(12)20(2)19-14/h3-9,16,21H,10H2,1-2H3. The summed E-state index contributed by atoms with van der Waals surface area (Å²) >= 11 is 2.30. The molecule has 21 heavy (non-hydrogen) atoms. The van der Waals surface area contributed by atoms with Gasteiger partial charge in [0.2, 0.25) is 0 Å². The molecule has 0 saturated heterocycles. The molecule has 3 nitrogen and oxygen atoms in total. The number of rotatable bonds is 3. The van der Waals surface area contributed by atoms with Crippen LogP contribution in [0, 0.1) is 10.5 Å². The molecule has 3 rings (SSSR count). The normalized spacial score (nSPS) is 12.8. The van der Waals surface area contributed by atoms with Crippen LogP contribution in [0.15, 0.2) is 42.5 Å². The van der Waals surface area contributed by atoms with Crippen molar-refractivity contribution in [2.45, 2.75) is 19.4 Å². The van der Waals surface area contributed by atoms with Gasteiger partial charge >= 0.3 is 0 Å². The second kappa shape index (κ2) is 5.77. The summed E-state index contributed by atoms with van der Waals surface area (Å²) in [4.78, 5) is 0. The van der Waals surface area contributed by atoms with Gasteiger partial charge in [-0.3, -0.25) is 4.68 Å². The fourth-order valence-electron chi connectivity index (χ4n) is 2.66. The zero-order chi connectivity index (χ0) is 15.0. The molecule has 0 saturated carbocycles. The second-order valence-electron chi connectivity index (χ2n) is 5.29. The first-order valence-corrected chi connectivity index (χ1v) is 7.99. The van der Waals surface area contributed by atoms with Crippen molar-refractivity contribution in [3.8, 4) is 0 Å². The summed E-state index contributed by atoms with van der Waals surface area (Å²) in [7, 11) is 1.94. The lowest BCUT2D eigenvalue weighted by Crippen LogP contribution is -2.06. The molecule has 3 aromatic rings. The summed E-state index contributed by atoms with van der Waals surface area (Å²) in [6.07, 6.45) is -0.00373. The van der Waals surface area contributed by atoms with Gasteiger partial charge in [0, 0.05) is 22.4 Å². The molecular formula is C17H17IN2O. The summed E-state index contributed by atoms with van der Waals surface area (Å²) in [5.41, 5.74) is 4.21. The lowest BCUT2D eigenvalue weighted by atomic mass is 10.0. The number of aliphatic hydroxyl groups is 1. The van der Waals surface area contributed by atoms with E-state index in [1.807, 2.05) is 36.0 Å². The first-order valence-electron chi connectivity index (χ1n) is 6.91. The lowest BCUT2D eigenvalue weighted by molar-refractivity contribution is 0.176. The SMILES string of the molecule is Cc1cccc(C(O)Cc2nn(C)c3ccccc23)c1I. The fourth-order valence-corrected chi connectivity index (χ4v) is 3.38. The summed E-state index contributed by atoms with van der Waals surface area (Å²) in [6.45, 7) is 2.06. The van der Waals surface area contributed by atoms with Crippen LogP contribution in [0.1, 0.15) is 22.9 Å². The number of aromatic nitrogens is 2. The number of aliphatic hydroxyl groups excluding tert-OH is 1. The highest BCUT2D eigenvalue weighted by molar-refractivity contribution is 14.1. The number of aryl methyl sites for hydroxylation is 2. The van der Waals surface area contributed by atoms with Gasteiger partial charge in [0.1, 0.15) is 0 Å². The molecule has 2 aromatic carbocycles. The van der Waals surface area contributed by atoms with Crippen LogP contribution < -0.4 is 0 Å². The Bertz CT molecular complexity index is 795. The summed E-state index contributed by atoms with van der Waals surface area (Å²) in [5, 5.41) is 16.3. The Morgan fingerprint density at radius 1 is 1.19 bits per heavy atom. The quantitative estimate of drug-likeness (QED) is 0.690. The molecule has 4 heteroatoms. The van der Waals surface area contributed by atoms with E-state index >= 15 is 0 Å². The summed E-state index contributed by atoms with van der Waals surface area (Å²) < 4.78 is 3.00. The largest absolute Gasteiger partial charge is 0.388 e. The molecule has 1 aromatic heterocycles. The van der Waals surface area contributed by atoms with Crippen LogP contribution in [0.3, 0.4) is 0 Å². The Morgan fingerprint density at radius 3 is 2.76 bits per heavy atom. The van der Waals surface area contributed by atoms with Gasteiger partial charge in [0.05, 0.1) is 17.3 Å². The Labute approximate surface area is 137 Å². The molecular weight excluding hydrogens is 375 g/mol. The molecule has 0 spiro atoms. The van der Waals surface area contributed by atoms with Crippen LogP contribution in [0.4, 0.5) is 0 Å². The summed E-state index contributed by atoms with van der Waals surface area (Å²) in [6, 6.07) is 14.2. The third-order valence-electron chi connectivity index (χ3n) is 3.80. The van der Waals surface area contributed by atoms with Crippen LogP contribution in [0.25, 0.3) is 10.9 Å². The van der Waals surface area contributed by atoms with Crippen molar-refractivity contribution in [2.75, 3.05) is 0 Å². The van der Waals surface area contributed by atoms with Crippen molar-refractivity contribution in [3.63, 3.8) is 0 Å². The van der Waals surface area contributed by atoms with Gasteiger partial charge < -0.3 is 5.11 Å². The molecule has 0 amide bonds. The van der Waals surface area contributed by atoms with Crippen molar-refractivity contribution < 1.29 is 5.11 Å². The predicted octanol–water partition coefficient (Wildman–Crippen LogP) is 3.76. The van der Waals surface area contributed by atoms with Gasteiger partial charge in [-0.1, -0.05) is 36.4 Å². The van der Waals surface area contributed by atoms with E-state index < -0.39 is 6.10 Å². The minimum absolute atomic E-state index is 0.529. The van der Waals surface area contributed by atoms with Gasteiger partial charge in [-0.05, 0) is 46.7 Å². The number of hydrogen-bond donors (Lipinski definition) is 1. The zero-order valence-electron chi connectivity index (χ0n) is 12.0. The Balaban J connectivity index is 1.97. The number of nitrogens with zero attached hydrogens (tertiary/aromatic N) is 2. The molecule has 0 aliphatic rings. The number of fused-ring (bicyclic) bond motifs is 1. The predicted molar refractivity (Wildman–Crippen MR) is 93.3 cm³/mol. The van der Waals surface area contributed by atoms with Crippen LogP contribution >= 0.6 is 22.6 Å². The van der Waals surface area contributed by atoms with Gasteiger partial charge in [-0.25, -0.2) is 0 Å². The molecule has 0 aliphatic heterocycles. The van der Waals surface area contributed by atoms with Crippen molar-refractivity contribution in [3.05, 3.63) is 62.9 Å². The van der Waals surface area contributed by atoms with Crippen molar-refractivity contribution in [1.29, 1.82) is 0 Å². The van der Waals surface area contributed by atoms with E-state index in [0.717, 1.165) is 25.7 Å². The molecule has 0 bridgehead atoms. The van der Waals surface area contributed by atoms with Crippen molar-refractivity contribution in [1.82, 2.24) is 9.78 Å². The Kier molecular flexibility index (Phi) is 3.99. The molecule has 1 N–H and O–H groups in total. The monoisotopic (exact) mass is 392 g/mol. The number of halogens is 1. The Morgan fingerprint density at radius 2 is 1.95 bits per heavy atom. The van der Waals surface area contributed by atoms with E-state index in [9.17, 15) is 5.11 Å². The summed E-state index contributed by atoms with van der Waals surface area (Å²) in [5.74, 6) is 0. The van der Waals surface area contributed by atoms with Crippen LogP contribution in [0.2, 0.25) is 0 Å². The van der Waals surface area contributed by atoms with Crippen molar-refractivity contribution in [2.24, 2.45) is 7.05 Å². The number of para-hydroxylation sites is 1. The molecule has 108 valence electrons. The van der Waals surface area contributed by atoms with E-state index in [0.29, 0.717) is 6.42 Å². The highest BCUT2D eigenvalue weighted by atomic mass is 127. The van der Waals surface area contributed by atoms with Gasteiger partial charge in [-0.2, -0.15) is 5.10 Å². The minimum atomic E-state index is -0.532. The number of hydrogen-bond acceptors (Lipinski definition) is 2. The highest BCUT2D eigenvalue weighted by Gasteiger charge is 2.17. The average molecular weight is 392 g/mol. The van der Waals surface area contributed by atoms with E-state index in [4.69, 9.17) is 0 Å². The Hall–Kier alpha value is -1.40. The maximum atomic E-state index is 10.6. The van der Waals surface area contributed by atoms with E-state index in [1.165, 1.54) is 5.56 Å². The van der Waals surface area contributed by atoms with E-state index in [1.54, 1.807) is 0 Å². The highest BCUT2D eigenvalue weighted by Crippen LogP contribution is 2.27. The number of benzene rings is 2. The fraction of sp³-hybridized carbons (Fsp3) is 0.235. The van der Waals surface area contributed by atoms with Gasteiger partial charge in [0.25, 0.3) is 0 Å². The smallest absolute Gasteiger partial charge is 0.0856 e. The van der Waals surface area contributed by atoms with Gasteiger partial charge in [0.15, 0.2) is 0 Å². The average Bonchev–Trinajstić information content (AvgIpc) is 2.79. The zero-order valence-corrected chi connectivity index (χ0v) is 14.2. The maximum absolute atomic E-state index is 10.6. The molecule has 0 fully saturated rings. The first kappa shape index (κ1) is 14.5. The topological polar surface area (TPSA) is 38.1 Å². The van der Waals surface area contributed by atoms with Crippen LogP contribution in [0.5, 0.6) is 0 Å². The third-order valence-corrected chi connectivity index (χ3v) is 5.28. The lowest BCUT2D eigenvalue weighted by Gasteiger charge is -2.13. The van der Waals surface area contributed by atoms with Gasteiger partial charge in [-0.15, -0.1) is 0 Å². The first-order chi connectivity index (χ1) is 10.1.